The van der Waals surface area contributed by atoms with Gasteiger partial charge < -0.3 is 38.6 Å². The van der Waals surface area contributed by atoms with E-state index >= 15 is 0 Å². The maximum absolute atomic E-state index is 10.8. The van der Waals surface area contributed by atoms with Gasteiger partial charge in [0.2, 0.25) is 0 Å². The highest BCUT2D eigenvalue weighted by atomic mass is 16.7. The number of carbonyl (C=O) groups is 1. The fourth-order valence-electron chi connectivity index (χ4n) is 2.81. The van der Waals surface area contributed by atoms with Gasteiger partial charge in [-0.3, -0.25) is 4.79 Å². The van der Waals surface area contributed by atoms with E-state index in [1.807, 2.05) is 13.8 Å². The number of methoxy groups -OCH3 is 2. The van der Waals surface area contributed by atoms with Crippen molar-refractivity contribution in [2.75, 3.05) is 40.6 Å². The van der Waals surface area contributed by atoms with Gasteiger partial charge in [-0.05, 0) is 12.8 Å². The van der Waals surface area contributed by atoms with E-state index in [-0.39, 0.29) is 26.2 Å². The molecule has 1 heterocycles. The highest BCUT2D eigenvalue weighted by Crippen LogP contribution is 2.29. The van der Waals surface area contributed by atoms with Crippen LogP contribution in [0.25, 0.3) is 0 Å². The highest BCUT2D eigenvalue weighted by Gasteiger charge is 2.48. The number of hydrogen-bond acceptors (Lipinski definition) is 8. The third kappa shape index (κ3) is 8.39. The summed E-state index contributed by atoms with van der Waals surface area (Å²) in [7, 11) is 3.08. The molecule has 6 atom stereocenters. The molecule has 0 radical (unpaired) electrons. The Bertz CT molecular complexity index is 416. The minimum Gasteiger partial charge on any atom is -0.481 e. The molecule has 1 aliphatic rings. The molecule has 1 rings (SSSR count). The van der Waals surface area contributed by atoms with Crippen molar-refractivity contribution >= 4 is 5.97 Å². The lowest BCUT2D eigenvalue weighted by Crippen LogP contribution is -2.61. The summed E-state index contributed by atoms with van der Waals surface area (Å²) in [6.45, 7) is 6.55. The van der Waals surface area contributed by atoms with Gasteiger partial charge in [0.25, 0.3) is 0 Å². The van der Waals surface area contributed by atoms with Gasteiger partial charge in [-0.15, -0.1) is 0 Å². The molecule has 27 heavy (non-hydrogen) atoms. The van der Waals surface area contributed by atoms with Crippen LogP contribution in [0.15, 0.2) is 0 Å². The summed E-state index contributed by atoms with van der Waals surface area (Å²) in [5.41, 5.74) is 0. The van der Waals surface area contributed by atoms with Crippen LogP contribution in [0.3, 0.4) is 0 Å². The zero-order valence-electron chi connectivity index (χ0n) is 16.8. The zero-order chi connectivity index (χ0) is 20.4. The van der Waals surface area contributed by atoms with Gasteiger partial charge in [0.05, 0.1) is 32.3 Å². The van der Waals surface area contributed by atoms with Crippen LogP contribution in [0.1, 0.15) is 27.2 Å². The van der Waals surface area contributed by atoms with Crippen molar-refractivity contribution in [2.24, 2.45) is 5.92 Å². The summed E-state index contributed by atoms with van der Waals surface area (Å²) in [5.74, 6) is -0.598. The van der Waals surface area contributed by atoms with Crippen LogP contribution in [-0.4, -0.2) is 93.6 Å². The molecule has 0 aromatic rings. The van der Waals surface area contributed by atoms with Crippen LogP contribution in [0.4, 0.5) is 0 Å². The average molecular weight is 394 g/mol. The Morgan fingerprint density at radius 2 is 1.70 bits per heavy atom. The molecule has 1 saturated heterocycles. The van der Waals surface area contributed by atoms with Crippen molar-refractivity contribution in [2.45, 2.75) is 64.0 Å². The first-order valence-corrected chi connectivity index (χ1v) is 9.22. The molecule has 0 aromatic carbocycles. The van der Waals surface area contributed by atoms with Gasteiger partial charge in [-0.25, -0.2) is 0 Å². The molecule has 0 unspecified atom stereocenters. The molecule has 0 aromatic heterocycles. The Morgan fingerprint density at radius 1 is 1.04 bits per heavy atom. The molecular weight excluding hydrogens is 360 g/mol. The van der Waals surface area contributed by atoms with Crippen LogP contribution in [-0.2, 0) is 33.2 Å². The lowest BCUT2D eigenvalue weighted by atomic mass is 9.98. The van der Waals surface area contributed by atoms with E-state index < -0.39 is 42.8 Å². The molecule has 9 heteroatoms. The van der Waals surface area contributed by atoms with Gasteiger partial charge in [-0.2, -0.15) is 0 Å². The van der Waals surface area contributed by atoms with Crippen LogP contribution in [0, 0.1) is 5.92 Å². The van der Waals surface area contributed by atoms with E-state index in [4.69, 9.17) is 33.5 Å². The number of carboxylic acids is 1. The molecule has 160 valence electrons. The third-order valence-corrected chi connectivity index (χ3v) is 4.00. The van der Waals surface area contributed by atoms with Crippen LogP contribution in [0.5, 0.6) is 0 Å². The van der Waals surface area contributed by atoms with Crippen molar-refractivity contribution in [3.63, 3.8) is 0 Å². The fraction of sp³-hybridized carbons (Fsp3) is 0.944. The van der Waals surface area contributed by atoms with Crippen molar-refractivity contribution in [1.29, 1.82) is 0 Å². The zero-order valence-corrected chi connectivity index (χ0v) is 16.8. The van der Waals surface area contributed by atoms with Crippen LogP contribution >= 0.6 is 0 Å². The van der Waals surface area contributed by atoms with E-state index in [1.54, 1.807) is 14.0 Å². The predicted octanol–water partition coefficient (Wildman–Crippen LogP) is 0.671. The van der Waals surface area contributed by atoms with E-state index in [2.05, 4.69) is 0 Å². The molecule has 0 aliphatic carbocycles. The number of ether oxygens (including phenoxy) is 6. The lowest BCUT2D eigenvalue weighted by Gasteiger charge is -2.45. The van der Waals surface area contributed by atoms with E-state index in [9.17, 15) is 9.90 Å². The molecule has 0 bridgehead atoms. The molecule has 1 fully saturated rings. The molecular formula is C18H34O9. The summed E-state index contributed by atoms with van der Waals surface area (Å²) in [4.78, 5) is 10.8. The Hall–Kier alpha value is -0.810. The van der Waals surface area contributed by atoms with Crippen LogP contribution in [0.2, 0.25) is 0 Å². The third-order valence-electron chi connectivity index (χ3n) is 4.00. The van der Waals surface area contributed by atoms with E-state index in [0.29, 0.717) is 12.5 Å². The molecule has 2 N–H and O–H groups in total. The minimum atomic E-state index is -0.970. The lowest BCUT2D eigenvalue weighted by molar-refractivity contribution is -0.319. The average Bonchev–Trinajstić information content (AvgIpc) is 2.59. The molecule has 0 amide bonds. The summed E-state index contributed by atoms with van der Waals surface area (Å²) >= 11 is 0. The highest BCUT2D eigenvalue weighted by molar-refractivity contribution is 5.66. The van der Waals surface area contributed by atoms with Gasteiger partial charge in [0.15, 0.2) is 6.29 Å². The predicted molar refractivity (Wildman–Crippen MR) is 95.5 cm³/mol. The SMILES string of the molecule is CO[C@@H]1[C@H](OC[C@H](C)O)[C@H](OCCC(=O)O)O[C@H](COCC(C)C)[C@H]1OC. The van der Waals surface area contributed by atoms with Crippen molar-refractivity contribution in [3.8, 4) is 0 Å². The van der Waals surface area contributed by atoms with Gasteiger partial charge in [0, 0.05) is 20.8 Å². The van der Waals surface area contributed by atoms with Gasteiger partial charge in [-0.1, -0.05) is 13.8 Å². The Morgan fingerprint density at radius 3 is 2.22 bits per heavy atom. The number of carboxylic acid groups (broad SMARTS) is 1. The minimum absolute atomic E-state index is 0.0395. The first kappa shape index (κ1) is 24.2. The quantitative estimate of drug-likeness (QED) is 0.465. The maximum Gasteiger partial charge on any atom is 0.305 e. The van der Waals surface area contributed by atoms with Crippen LogP contribution < -0.4 is 0 Å². The number of aliphatic hydroxyl groups excluding tert-OH is 1. The molecule has 0 spiro atoms. The molecule has 0 saturated carbocycles. The van der Waals surface area contributed by atoms with Gasteiger partial charge >= 0.3 is 5.97 Å². The summed E-state index contributed by atoms with van der Waals surface area (Å²) in [6, 6.07) is 0. The second-order valence-corrected chi connectivity index (χ2v) is 7.04. The number of aliphatic hydroxyl groups is 1. The monoisotopic (exact) mass is 394 g/mol. The standard InChI is InChI=1S/C18H34O9/c1-11(2)8-24-10-13-15(22-4)16(23-5)17(26-9-12(3)19)18(27-13)25-7-6-14(20)21/h11-13,15-19H,6-10H2,1-5H3,(H,20,21)/t12-,13+,15+,16-,17-,18+/m0/s1. The normalized spacial score (nSPS) is 29.8. The van der Waals surface area contributed by atoms with E-state index in [1.165, 1.54) is 7.11 Å². The first-order valence-electron chi connectivity index (χ1n) is 9.22. The summed E-state index contributed by atoms with van der Waals surface area (Å²) in [5, 5.41) is 18.4. The van der Waals surface area contributed by atoms with Gasteiger partial charge in [0.1, 0.15) is 24.4 Å². The summed E-state index contributed by atoms with van der Waals surface area (Å²) in [6.07, 6.45) is -3.89. The van der Waals surface area contributed by atoms with Crippen molar-refractivity contribution < 1.29 is 43.4 Å². The fourth-order valence-corrected chi connectivity index (χ4v) is 2.81. The first-order chi connectivity index (χ1) is 12.8. The Kier molecular flexibility index (Phi) is 11.3. The number of hydrogen-bond donors (Lipinski definition) is 2. The molecule has 9 nitrogen and oxygen atoms in total. The Labute approximate surface area is 160 Å². The number of aliphatic carboxylic acids is 1. The second-order valence-electron chi connectivity index (χ2n) is 7.04. The largest absolute Gasteiger partial charge is 0.481 e. The smallest absolute Gasteiger partial charge is 0.305 e. The topological polar surface area (TPSA) is 113 Å². The summed E-state index contributed by atoms with van der Waals surface area (Å²) < 4.78 is 34.2. The maximum atomic E-state index is 10.8. The van der Waals surface area contributed by atoms with Crippen molar-refractivity contribution in [3.05, 3.63) is 0 Å². The number of rotatable bonds is 13. The second kappa shape index (κ2) is 12.6. The van der Waals surface area contributed by atoms with Crippen molar-refractivity contribution in [1.82, 2.24) is 0 Å². The van der Waals surface area contributed by atoms with E-state index in [0.717, 1.165) is 0 Å². The molecule has 1 aliphatic heterocycles. The Balaban J connectivity index is 2.87.